The zero-order valence-electron chi connectivity index (χ0n) is 13.0. The summed E-state index contributed by atoms with van der Waals surface area (Å²) >= 11 is 5.00. The van der Waals surface area contributed by atoms with Gasteiger partial charge in [0.2, 0.25) is 0 Å². The summed E-state index contributed by atoms with van der Waals surface area (Å²) in [4.78, 5) is 2.14. The molecule has 0 bridgehead atoms. The number of hydrogen-bond acceptors (Lipinski definition) is 6. The number of rotatable bonds is 7. The van der Waals surface area contributed by atoms with Crippen molar-refractivity contribution in [3.63, 3.8) is 0 Å². The van der Waals surface area contributed by atoms with Gasteiger partial charge in [0.05, 0.1) is 27.0 Å². The number of hydrogen-bond donors (Lipinski definition) is 3. The third-order valence-corrected chi connectivity index (χ3v) is 4.50. The summed E-state index contributed by atoms with van der Waals surface area (Å²) in [6.07, 6.45) is 1.53. The van der Waals surface area contributed by atoms with Crippen LogP contribution in [-0.4, -0.2) is 27.7 Å². The first-order valence-electron chi connectivity index (χ1n) is 6.76. The van der Waals surface area contributed by atoms with Crippen LogP contribution in [0.15, 0.2) is 45.9 Å². The van der Waals surface area contributed by atoms with Gasteiger partial charge in [-0.25, -0.2) is 8.42 Å². The average molecular weight is 371 g/mol. The molecule has 0 aliphatic rings. The molecular weight excluding hydrogens is 354 g/mol. The van der Waals surface area contributed by atoms with Crippen LogP contribution in [0.3, 0.4) is 0 Å². The largest absolute Gasteiger partial charge is 0.497 e. The second-order valence-electron chi connectivity index (χ2n) is 4.51. The van der Waals surface area contributed by atoms with E-state index in [-0.39, 0.29) is 15.8 Å². The van der Waals surface area contributed by atoms with Gasteiger partial charge in [-0.3, -0.25) is 5.43 Å². The van der Waals surface area contributed by atoms with E-state index < -0.39 is 10.0 Å². The summed E-state index contributed by atoms with van der Waals surface area (Å²) in [5.41, 5.74) is 2.42. The van der Waals surface area contributed by atoms with E-state index in [1.807, 2.05) is 0 Å². The number of sulfonamides is 1. The molecular formula is C14H17N3O5S2. The Morgan fingerprint density at radius 1 is 1.25 bits per heavy atom. The minimum atomic E-state index is -3.89. The lowest BCUT2D eigenvalue weighted by atomic mass is 10.3. The van der Waals surface area contributed by atoms with Crippen LogP contribution in [0.25, 0.3) is 0 Å². The van der Waals surface area contributed by atoms with Crippen molar-refractivity contribution < 1.29 is 22.3 Å². The third-order valence-electron chi connectivity index (χ3n) is 2.96. The van der Waals surface area contributed by atoms with Gasteiger partial charge in [0.15, 0.2) is 5.11 Å². The van der Waals surface area contributed by atoms with Crippen LogP contribution in [0.4, 0.5) is 0 Å². The lowest BCUT2D eigenvalue weighted by Crippen LogP contribution is -2.46. The molecule has 2 aromatic rings. The maximum atomic E-state index is 12.3. The van der Waals surface area contributed by atoms with E-state index in [1.54, 1.807) is 12.1 Å². The van der Waals surface area contributed by atoms with E-state index in [0.29, 0.717) is 18.1 Å². The van der Waals surface area contributed by atoms with E-state index in [2.05, 4.69) is 15.6 Å². The van der Waals surface area contributed by atoms with E-state index in [9.17, 15) is 8.42 Å². The Bertz CT molecular complexity index is 791. The molecule has 0 unspecified atom stereocenters. The average Bonchev–Trinajstić information content (AvgIpc) is 3.11. The molecule has 0 aliphatic heterocycles. The molecule has 0 fully saturated rings. The van der Waals surface area contributed by atoms with Crippen LogP contribution in [0.2, 0.25) is 0 Å². The fourth-order valence-electron chi connectivity index (χ4n) is 1.79. The van der Waals surface area contributed by atoms with Crippen molar-refractivity contribution in [1.82, 2.24) is 15.6 Å². The van der Waals surface area contributed by atoms with Crippen LogP contribution in [0.1, 0.15) is 5.76 Å². The second kappa shape index (κ2) is 7.99. The molecule has 0 spiro atoms. The fraction of sp³-hybridized carbons (Fsp3) is 0.214. The van der Waals surface area contributed by atoms with Gasteiger partial charge in [-0.2, -0.15) is 0 Å². The van der Waals surface area contributed by atoms with Crippen LogP contribution >= 0.6 is 12.2 Å². The number of thiocarbonyl (C=S) groups is 1. The Kier molecular flexibility index (Phi) is 6.01. The molecule has 1 aromatic heterocycles. The molecule has 0 saturated heterocycles. The number of benzene rings is 1. The van der Waals surface area contributed by atoms with Crippen LogP contribution in [-0.2, 0) is 16.6 Å². The zero-order chi connectivity index (χ0) is 17.6. The van der Waals surface area contributed by atoms with Gasteiger partial charge < -0.3 is 19.2 Å². The summed E-state index contributed by atoms with van der Waals surface area (Å²) in [6.45, 7) is 0.326. The molecule has 10 heteroatoms. The molecule has 0 aliphatic carbocycles. The van der Waals surface area contributed by atoms with Crippen LogP contribution in [0.5, 0.6) is 11.5 Å². The lowest BCUT2D eigenvalue weighted by molar-refractivity contribution is 0.386. The van der Waals surface area contributed by atoms with E-state index in [4.69, 9.17) is 26.1 Å². The molecule has 0 amide bonds. The van der Waals surface area contributed by atoms with E-state index in [0.717, 1.165) is 0 Å². The normalized spacial score (nSPS) is 10.9. The monoisotopic (exact) mass is 371 g/mol. The minimum absolute atomic E-state index is 0.0489. The van der Waals surface area contributed by atoms with Gasteiger partial charge in [0.1, 0.15) is 22.2 Å². The molecule has 1 heterocycles. The highest BCUT2D eigenvalue weighted by Crippen LogP contribution is 2.27. The van der Waals surface area contributed by atoms with Gasteiger partial charge in [0.25, 0.3) is 10.0 Å². The molecule has 24 heavy (non-hydrogen) atoms. The van der Waals surface area contributed by atoms with Gasteiger partial charge in [0, 0.05) is 6.07 Å². The predicted molar refractivity (Wildman–Crippen MR) is 91.1 cm³/mol. The first-order valence-corrected chi connectivity index (χ1v) is 8.65. The number of nitrogens with one attached hydrogen (secondary N) is 3. The second-order valence-corrected chi connectivity index (χ2v) is 6.57. The van der Waals surface area contributed by atoms with Crippen molar-refractivity contribution in [1.29, 1.82) is 0 Å². The van der Waals surface area contributed by atoms with E-state index >= 15 is 0 Å². The SMILES string of the molecule is COc1ccc(S(=O)(=O)NNC(=S)NCc2ccco2)c(OC)c1. The van der Waals surface area contributed by atoms with Gasteiger partial charge in [-0.15, -0.1) is 4.83 Å². The van der Waals surface area contributed by atoms with Crippen molar-refractivity contribution in [2.75, 3.05) is 14.2 Å². The summed E-state index contributed by atoms with van der Waals surface area (Å²) in [6, 6.07) is 7.88. The summed E-state index contributed by atoms with van der Waals surface area (Å²) in [5.74, 6) is 1.30. The van der Waals surface area contributed by atoms with Gasteiger partial charge in [-0.05, 0) is 36.5 Å². The highest BCUT2D eigenvalue weighted by Gasteiger charge is 2.20. The molecule has 2 rings (SSSR count). The van der Waals surface area contributed by atoms with Gasteiger partial charge in [-0.1, -0.05) is 0 Å². The Labute approximate surface area is 145 Å². The Balaban J connectivity index is 1.99. The lowest BCUT2D eigenvalue weighted by Gasteiger charge is -2.14. The van der Waals surface area contributed by atoms with Crippen molar-refractivity contribution in [2.24, 2.45) is 0 Å². The minimum Gasteiger partial charge on any atom is -0.497 e. The number of furan rings is 1. The Hall–Kier alpha value is -2.30. The summed E-state index contributed by atoms with van der Waals surface area (Å²) in [7, 11) is -1.04. The number of methoxy groups -OCH3 is 2. The first-order chi connectivity index (χ1) is 11.5. The smallest absolute Gasteiger partial charge is 0.261 e. The predicted octanol–water partition coefficient (Wildman–Crippen LogP) is 1.15. The van der Waals surface area contributed by atoms with Crippen molar-refractivity contribution in [3.8, 4) is 11.5 Å². The Morgan fingerprint density at radius 2 is 2.04 bits per heavy atom. The molecule has 0 radical (unpaired) electrons. The topological polar surface area (TPSA) is 102 Å². The highest BCUT2D eigenvalue weighted by atomic mass is 32.2. The molecule has 1 aromatic carbocycles. The zero-order valence-corrected chi connectivity index (χ0v) is 14.7. The molecule has 130 valence electrons. The van der Waals surface area contributed by atoms with Gasteiger partial charge >= 0.3 is 0 Å². The molecule has 0 atom stereocenters. The Morgan fingerprint density at radius 3 is 2.67 bits per heavy atom. The maximum absolute atomic E-state index is 12.3. The quantitative estimate of drug-likeness (QED) is 0.492. The van der Waals surface area contributed by atoms with Crippen LogP contribution in [0, 0.1) is 0 Å². The van der Waals surface area contributed by atoms with Crippen molar-refractivity contribution in [3.05, 3.63) is 42.4 Å². The van der Waals surface area contributed by atoms with Crippen molar-refractivity contribution >= 4 is 27.4 Å². The van der Waals surface area contributed by atoms with Crippen LogP contribution < -0.4 is 25.0 Å². The standard InChI is InChI=1S/C14H17N3O5S2/c1-20-10-5-6-13(12(8-10)21-2)24(18,19)17-16-14(23)15-9-11-4-3-7-22-11/h3-8,17H,9H2,1-2H3,(H2,15,16,23). The highest BCUT2D eigenvalue weighted by molar-refractivity contribution is 7.89. The number of hydrazine groups is 1. The number of ether oxygens (including phenoxy) is 2. The summed E-state index contributed by atoms with van der Waals surface area (Å²) in [5, 5.41) is 2.90. The maximum Gasteiger partial charge on any atom is 0.261 e. The van der Waals surface area contributed by atoms with Crippen molar-refractivity contribution in [2.45, 2.75) is 11.4 Å². The summed E-state index contributed by atoms with van der Waals surface area (Å²) < 4.78 is 40.0. The first kappa shape index (κ1) is 18.0. The fourth-order valence-corrected chi connectivity index (χ4v) is 2.98. The molecule has 8 nitrogen and oxygen atoms in total. The molecule has 3 N–H and O–H groups in total. The third kappa shape index (κ3) is 4.60. The van der Waals surface area contributed by atoms with E-state index in [1.165, 1.54) is 38.7 Å². The molecule has 0 saturated carbocycles.